The minimum atomic E-state index is -4.17. The van der Waals surface area contributed by atoms with Gasteiger partial charge in [-0.25, -0.2) is 9.55 Å². The third-order valence-corrected chi connectivity index (χ3v) is 7.46. The van der Waals surface area contributed by atoms with Crippen molar-refractivity contribution in [2.45, 2.75) is 51.5 Å². The molecule has 2 aromatic heterocycles. The van der Waals surface area contributed by atoms with Crippen LogP contribution in [0.5, 0.6) is 5.75 Å². The summed E-state index contributed by atoms with van der Waals surface area (Å²) in [6, 6.07) is 4.97. The van der Waals surface area contributed by atoms with Crippen molar-refractivity contribution in [1.82, 2.24) is 29.9 Å². The SMILES string of the molecule is CCOC(=O)[C@H](C)NP(=O)(OCCO[C@@H](c1nnc2c(N)ncnn12)[C@](C)(O)[C@@H](C)O)Oc1ccc(Cl)cc1. The lowest BCUT2D eigenvalue weighted by molar-refractivity contribution is -0.159. The van der Waals surface area contributed by atoms with Crippen molar-refractivity contribution < 1.29 is 38.1 Å². The van der Waals surface area contributed by atoms with Crippen molar-refractivity contribution in [3.8, 4) is 5.75 Å². The van der Waals surface area contributed by atoms with E-state index in [1.165, 1.54) is 55.9 Å². The number of benzene rings is 1. The number of halogens is 1. The van der Waals surface area contributed by atoms with Crippen molar-refractivity contribution in [2.75, 3.05) is 25.6 Å². The van der Waals surface area contributed by atoms with E-state index in [-0.39, 0.29) is 42.9 Å². The van der Waals surface area contributed by atoms with Gasteiger partial charge in [0.05, 0.1) is 25.9 Å². The molecule has 39 heavy (non-hydrogen) atoms. The first-order chi connectivity index (χ1) is 18.4. The van der Waals surface area contributed by atoms with E-state index in [0.717, 1.165) is 0 Å². The van der Waals surface area contributed by atoms with Crippen molar-refractivity contribution in [3.05, 3.63) is 41.4 Å². The number of carbonyl (C=O) groups is 1. The topological polar surface area (TPSA) is 206 Å². The summed E-state index contributed by atoms with van der Waals surface area (Å²) in [5.41, 5.74) is 4.07. The van der Waals surface area contributed by atoms with Gasteiger partial charge >= 0.3 is 13.7 Å². The maximum atomic E-state index is 13.6. The predicted molar refractivity (Wildman–Crippen MR) is 139 cm³/mol. The van der Waals surface area contributed by atoms with E-state index >= 15 is 0 Å². The number of aromatic nitrogens is 5. The fraction of sp³-hybridized carbons (Fsp3) is 0.500. The number of anilines is 1. The summed E-state index contributed by atoms with van der Waals surface area (Å²) in [6.07, 6.45) is -1.39. The number of aliphatic hydroxyl groups excluding tert-OH is 1. The van der Waals surface area contributed by atoms with E-state index in [9.17, 15) is 19.6 Å². The molecule has 3 rings (SSSR count). The molecular formula is C22H31ClN7O8P. The first-order valence-corrected chi connectivity index (χ1v) is 13.8. The molecule has 0 aliphatic carbocycles. The highest BCUT2D eigenvalue weighted by Gasteiger charge is 2.42. The van der Waals surface area contributed by atoms with Gasteiger partial charge in [-0.3, -0.25) is 9.32 Å². The number of hydrogen-bond donors (Lipinski definition) is 4. The normalized spacial score (nSPS) is 17.1. The molecule has 17 heteroatoms. The molecule has 0 radical (unpaired) electrons. The number of hydrogen-bond acceptors (Lipinski definition) is 13. The average molecular weight is 588 g/mol. The molecule has 5 atom stereocenters. The van der Waals surface area contributed by atoms with Gasteiger partial charge in [0, 0.05) is 5.02 Å². The molecule has 0 saturated carbocycles. The Morgan fingerprint density at radius 1 is 1.26 bits per heavy atom. The van der Waals surface area contributed by atoms with Gasteiger partial charge in [0.2, 0.25) is 5.65 Å². The molecule has 2 heterocycles. The smallest absolute Gasteiger partial charge is 0.459 e. The van der Waals surface area contributed by atoms with Crippen LogP contribution >= 0.6 is 19.3 Å². The lowest BCUT2D eigenvalue weighted by atomic mass is 9.92. The van der Waals surface area contributed by atoms with Gasteiger partial charge in [0.15, 0.2) is 11.6 Å². The summed E-state index contributed by atoms with van der Waals surface area (Å²) < 4.78 is 36.7. The van der Waals surface area contributed by atoms with Crippen LogP contribution in [-0.2, 0) is 23.4 Å². The molecule has 3 aromatic rings. The largest absolute Gasteiger partial charge is 0.465 e. The summed E-state index contributed by atoms with van der Waals surface area (Å²) >= 11 is 5.91. The van der Waals surface area contributed by atoms with E-state index in [4.69, 9.17) is 35.9 Å². The molecule has 0 bridgehead atoms. The van der Waals surface area contributed by atoms with Crippen LogP contribution in [0.15, 0.2) is 30.6 Å². The Morgan fingerprint density at radius 2 is 1.95 bits per heavy atom. The highest BCUT2D eigenvalue weighted by molar-refractivity contribution is 7.52. The van der Waals surface area contributed by atoms with Gasteiger partial charge in [-0.05, 0) is 52.0 Å². The minimum Gasteiger partial charge on any atom is -0.465 e. The zero-order chi connectivity index (χ0) is 28.8. The maximum absolute atomic E-state index is 13.6. The zero-order valence-electron chi connectivity index (χ0n) is 21.7. The molecule has 1 unspecified atom stereocenters. The van der Waals surface area contributed by atoms with Crippen molar-refractivity contribution in [1.29, 1.82) is 0 Å². The molecule has 5 N–H and O–H groups in total. The lowest BCUT2D eigenvalue weighted by Gasteiger charge is -2.33. The summed E-state index contributed by atoms with van der Waals surface area (Å²) in [6.45, 7) is 5.30. The second-order valence-electron chi connectivity index (χ2n) is 8.57. The number of nitrogens with two attached hydrogens (primary N) is 1. The number of nitrogens with zero attached hydrogens (tertiary/aromatic N) is 5. The summed E-state index contributed by atoms with van der Waals surface area (Å²) in [5, 5.41) is 36.2. The Kier molecular flexibility index (Phi) is 10.2. The summed E-state index contributed by atoms with van der Waals surface area (Å²) in [4.78, 5) is 16.0. The molecule has 0 spiro atoms. The Balaban J connectivity index is 1.78. The Labute approximate surface area is 229 Å². The second-order valence-corrected chi connectivity index (χ2v) is 10.7. The van der Waals surface area contributed by atoms with Crippen LogP contribution in [-0.4, -0.2) is 78.5 Å². The molecule has 1 aromatic carbocycles. The number of carbonyl (C=O) groups excluding carboxylic acids is 1. The van der Waals surface area contributed by atoms with Gasteiger partial charge < -0.3 is 29.9 Å². The predicted octanol–water partition coefficient (Wildman–Crippen LogP) is 1.69. The second kappa shape index (κ2) is 13.0. The van der Waals surface area contributed by atoms with E-state index < -0.39 is 37.6 Å². The van der Waals surface area contributed by atoms with Gasteiger partial charge in [-0.2, -0.15) is 14.7 Å². The van der Waals surface area contributed by atoms with Crippen molar-refractivity contribution in [3.63, 3.8) is 0 Å². The van der Waals surface area contributed by atoms with E-state index in [2.05, 4.69) is 25.4 Å². The molecule has 15 nitrogen and oxygen atoms in total. The quantitative estimate of drug-likeness (QED) is 0.120. The summed E-state index contributed by atoms with van der Waals surface area (Å²) in [7, 11) is -4.17. The number of esters is 1. The van der Waals surface area contributed by atoms with Gasteiger partial charge in [0.25, 0.3) is 0 Å². The monoisotopic (exact) mass is 587 g/mol. The average Bonchev–Trinajstić information content (AvgIpc) is 3.30. The molecule has 0 aliphatic heterocycles. The number of rotatable bonds is 14. The minimum absolute atomic E-state index is 0.0275. The Morgan fingerprint density at radius 3 is 2.59 bits per heavy atom. The fourth-order valence-electron chi connectivity index (χ4n) is 3.25. The van der Waals surface area contributed by atoms with Crippen LogP contribution in [0, 0.1) is 0 Å². The third kappa shape index (κ3) is 7.60. The van der Waals surface area contributed by atoms with E-state index in [1.807, 2.05) is 0 Å². The highest BCUT2D eigenvalue weighted by Crippen LogP contribution is 2.45. The summed E-state index contributed by atoms with van der Waals surface area (Å²) in [5.74, 6) is -0.427. The van der Waals surface area contributed by atoms with Crippen LogP contribution in [0.1, 0.15) is 39.6 Å². The number of ether oxygens (including phenoxy) is 2. The van der Waals surface area contributed by atoms with E-state index in [0.29, 0.717) is 5.02 Å². The molecule has 0 aliphatic rings. The van der Waals surface area contributed by atoms with E-state index in [1.54, 1.807) is 6.92 Å². The first kappa shape index (κ1) is 30.6. The van der Waals surface area contributed by atoms with Crippen LogP contribution < -0.4 is 15.3 Å². The zero-order valence-corrected chi connectivity index (χ0v) is 23.4. The first-order valence-electron chi connectivity index (χ1n) is 11.9. The molecule has 0 amide bonds. The molecule has 214 valence electrons. The van der Waals surface area contributed by atoms with Gasteiger partial charge in [-0.1, -0.05) is 11.6 Å². The number of fused-ring (bicyclic) bond motifs is 1. The van der Waals surface area contributed by atoms with Crippen LogP contribution in [0.25, 0.3) is 5.65 Å². The maximum Gasteiger partial charge on any atom is 0.459 e. The molecular weight excluding hydrogens is 557 g/mol. The van der Waals surface area contributed by atoms with Crippen LogP contribution in [0.2, 0.25) is 5.02 Å². The Hall–Kier alpha value is -2.91. The number of nitrogen functional groups attached to an aromatic ring is 1. The molecule has 0 fully saturated rings. The Bertz CT molecular complexity index is 1310. The van der Waals surface area contributed by atoms with Crippen LogP contribution in [0.4, 0.5) is 5.82 Å². The fourth-order valence-corrected chi connectivity index (χ4v) is 4.85. The number of nitrogens with one attached hydrogen (secondary N) is 1. The van der Waals surface area contributed by atoms with Gasteiger partial charge in [-0.15, -0.1) is 10.2 Å². The van der Waals surface area contributed by atoms with Crippen molar-refractivity contribution >= 4 is 36.8 Å². The standard InChI is InChI=1S/C22H31ClN7O8P/c1-5-35-21(32)13(2)29-39(34,38-16-8-6-15(23)7-9-16)37-11-10-36-17(22(4,33)14(3)31)19-27-28-20-18(24)25-12-26-30(19)20/h6-9,12-14,17,31,33H,5,10-11H2,1-4H3,(H,29,34)(H2,24,25,26)/t13-,14+,17-,22+,39?/m0/s1. The third-order valence-electron chi connectivity index (χ3n) is 5.53. The molecule has 0 saturated heterocycles. The van der Waals surface area contributed by atoms with Crippen molar-refractivity contribution in [2.24, 2.45) is 0 Å². The lowest BCUT2D eigenvalue weighted by Crippen LogP contribution is -2.45. The van der Waals surface area contributed by atoms with Gasteiger partial charge in [0.1, 0.15) is 29.8 Å². The van der Waals surface area contributed by atoms with Crippen LogP contribution in [0.3, 0.4) is 0 Å². The highest BCUT2D eigenvalue weighted by atomic mass is 35.5. The number of aliphatic hydroxyl groups is 2.